The Bertz CT molecular complexity index is 686. The van der Waals surface area contributed by atoms with Crippen LogP contribution in [0, 0.1) is 20.8 Å². The topological polar surface area (TPSA) is 41.1 Å². The molecule has 116 valence electrons. The molecular weight excluding hydrogens is 296 g/mol. The third kappa shape index (κ3) is 2.94. The van der Waals surface area contributed by atoms with Crippen molar-refractivity contribution >= 4 is 17.4 Å². The summed E-state index contributed by atoms with van der Waals surface area (Å²) in [7, 11) is 0. The molecule has 1 saturated heterocycles. The summed E-state index contributed by atoms with van der Waals surface area (Å²) < 4.78 is 0. The Morgan fingerprint density at radius 1 is 1.18 bits per heavy atom. The minimum atomic E-state index is 0.311. The molecule has 1 unspecified atom stereocenters. The molecule has 0 amide bonds. The molecule has 1 aromatic heterocycles. The summed E-state index contributed by atoms with van der Waals surface area (Å²) in [5, 5.41) is 12.5. The van der Waals surface area contributed by atoms with E-state index >= 15 is 0 Å². The van der Waals surface area contributed by atoms with Gasteiger partial charge in [0.05, 0.1) is 0 Å². The molecule has 1 aromatic carbocycles. The highest BCUT2D eigenvalue weighted by Crippen LogP contribution is 2.27. The van der Waals surface area contributed by atoms with Gasteiger partial charge in [0.1, 0.15) is 0 Å². The van der Waals surface area contributed by atoms with Crippen LogP contribution in [-0.4, -0.2) is 29.8 Å². The molecule has 0 aliphatic carbocycles. The molecule has 5 heteroatoms. The number of anilines is 1. The minimum Gasteiger partial charge on any atom is -0.352 e. The average Bonchev–Trinajstić information content (AvgIpc) is 2.53. The van der Waals surface area contributed by atoms with Crippen molar-refractivity contribution in [3.8, 4) is 0 Å². The van der Waals surface area contributed by atoms with Crippen LogP contribution in [0.2, 0.25) is 5.15 Å². The van der Waals surface area contributed by atoms with Gasteiger partial charge in [0.15, 0.2) is 11.0 Å². The predicted molar refractivity (Wildman–Crippen MR) is 90.7 cm³/mol. The Morgan fingerprint density at radius 2 is 2.00 bits per heavy atom. The summed E-state index contributed by atoms with van der Waals surface area (Å²) in [4.78, 5) is 2.30. The van der Waals surface area contributed by atoms with Crippen molar-refractivity contribution in [2.75, 3.05) is 24.5 Å². The quantitative estimate of drug-likeness (QED) is 0.923. The van der Waals surface area contributed by atoms with Gasteiger partial charge in [-0.3, -0.25) is 0 Å². The number of aryl methyl sites for hydroxylation is 1. The monoisotopic (exact) mass is 316 g/mol. The third-order valence-corrected chi connectivity index (χ3v) is 4.72. The molecule has 1 fully saturated rings. The fourth-order valence-electron chi connectivity index (χ4n) is 2.92. The average molecular weight is 317 g/mol. The highest BCUT2D eigenvalue weighted by molar-refractivity contribution is 6.30. The summed E-state index contributed by atoms with van der Waals surface area (Å²) in [5.74, 6) is 0.945. The van der Waals surface area contributed by atoms with Gasteiger partial charge in [-0.1, -0.05) is 41.4 Å². The Kier molecular flexibility index (Phi) is 4.32. The number of aromatic nitrogens is 2. The second-order valence-corrected chi connectivity index (χ2v) is 6.29. The molecule has 0 radical (unpaired) electrons. The Morgan fingerprint density at radius 3 is 2.77 bits per heavy atom. The summed E-state index contributed by atoms with van der Waals surface area (Å²) in [6.45, 7) is 8.94. The van der Waals surface area contributed by atoms with Crippen LogP contribution in [0.15, 0.2) is 24.3 Å². The molecule has 1 aliphatic rings. The van der Waals surface area contributed by atoms with E-state index in [-0.39, 0.29) is 0 Å². The Balaban J connectivity index is 1.86. The van der Waals surface area contributed by atoms with Gasteiger partial charge in [0.25, 0.3) is 0 Å². The smallest absolute Gasteiger partial charge is 0.155 e. The van der Waals surface area contributed by atoms with E-state index in [1.807, 2.05) is 6.92 Å². The summed E-state index contributed by atoms with van der Waals surface area (Å²) in [6, 6.07) is 8.98. The molecule has 2 heterocycles. The number of nitrogens with zero attached hydrogens (tertiary/aromatic N) is 3. The number of piperazine rings is 1. The van der Waals surface area contributed by atoms with Crippen molar-refractivity contribution in [1.29, 1.82) is 0 Å². The standard InChI is InChI=1S/C17H21ClN4/c1-11-5-4-6-14(9-11)15-10-22(8-7-19-15)17-13(3)12(2)16(18)20-21-17/h4-6,9,15,19H,7-8,10H2,1-3H3. The number of halogens is 1. The maximum absolute atomic E-state index is 6.06. The lowest BCUT2D eigenvalue weighted by molar-refractivity contribution is 0.468. The molecule has 4 nitrogen and oxygen atoms in total. The van der Waals surface area contributed by atoms with Gasteiger partial charge >= 0.3 is 0 Å². The zero-order chi connectivity index (χ0) is 15.7. The maximum atomic E-state index is 6.06. The minimum absolute atomic E-state index is 0.311. The summed E-state index contributed by atoms with van der Waals surface area (Å²) in [6.07, 6.45) is 0. The molecule has 1 N–H and O–H groups in total. The molecule has 0 saturated carbocycles. The number of hydrogen-bond acceptors (Lipinski definition) is 4. The fraction of sp³-hybridized carbons (Fsp3) is 0.412. The van der Waals surface area contributed by atoms with Gasteiger partial charge in [0.2, 0.25) is 0 Å². The Hall–Kier alpha value is -1.65. The van der Waals surface area contributed by atoms with Crippen LogP contribution in [0.25, 0.3) is 0 Å². The highest BCUT2D eigenvalue weighted by atomic mass is 35.5. The van der Waals surface area contributed by atoms with E-state index in [4.69, 9.17) is 11.6 Å². The molecule has 2 aromatic rings. The maximum Gasteiger partial charge on any atom is 0.155 e. The van der Waals surface area contributed by atoms with Crippen molar-refractivity contribution in [2.45, 2.75) is 26.8 Å². The van der Waals surface area contributed by atoms with Crippen LogP contribution in [-0.2, 0) is 0 Å². The van der Waals surface area contributed by atoms with Crippen LogP contribution in [0.4, 0.5) is 5.82 Å². The number of rotatable bonds is 2. The van der Waals surface area contributed by atoms with E-state index in [0.717, 1.165) is 36.6 Å². The lowest BCUT2D eigenvalue weighted by Crippen LogP contribution is -2.46. The molecule has 0 bridgehead atoms. The van der Waals surface area contributed by atoms with Crippen molar-refractivity contribution in [3.05, 3.63) is 51.7 Å². The Labute approximate surface area is 136 Å². The third-order valence-electron chi connectivity index (χ3n) is 4.36. The van der Waals surface area contributed by atoms with Gasteiger partial charge in [-0.05, 0) is 37.5 Å². The van der Waals surface area contributed by atoms with Gasteiger partial charge in [-0.2, -0.15) is 0 Å². The molecule has 1 aliphatic heterocycles. The van der Waals surface area contributed by atoms with E-state index in [0.29, 0.717) is 11.2 Å². The van der Waals surface area contributed by atoms with Gasteiger partial charge in [0, 0.05) is 25.7 Å². The summed E-state index contributed by atoms with van der Waals surface area (Å²) in [5.41, 5.74) is 4.73. The predicted octanol–water partition coefficient (Wildman–Crippen LogP) is 3.21. The zero-order valence-corrected chi connectivity index (χ0v) is 14.0. The molecule has 1 atom stereocenters. The zero-order valence-electron chi connectivity index (χ0n) is 13.2. The van der Waals surface area contributed by atoms with Crippen molar-refractivity contribution in [1.82, 2.24) is 15.5 Å². The second kappa shape index (κ2) is 6.23. The van der Waals surface area contributed by atoms with Crippen LogP contribution < -0.4 is 10.2 Å². The van der Waals surface area contributed by atoms with Crippen molar-refractivity contribution < 1.29 is 0 Å². The first kappa shape index (κ1) is 15.3. The number of benzene rings is 1. The molecular formula is C17H21ClN4. The first-order valence-corrected chi connectivity index (χ1v) is 7.98. The molecule has 0 spiro atoms. The van der Waals surface area contributed by atoms with Crippen LogP contribution in [0.3, 0.4) is 0 Å². The molecule has 22 heavy (non-hydrogen) atoms. The lowest BCUT2D eigenvalue weighted by Gasteiger charge is -2.35. The number of nitrogens with one attached hydrogen (secondary N) is 1. The van der Waals surface area contributed by atoms with E-state index in [2.05, 4.69) is 58.5 Å². The van der Waals surface area contributed by atoms with E-state index in [9.17, 15) is 0 Å². The van der Waals surface area contributed by atoms with Gasteiger partial charge < -0.3 is 10.2 Å². The normalized spacial score (nSPS) is 18.5. The molecule has 3 rings (SSSR count). The van der Waals surface area contributed by atoms with Crippen molar-refractivity contribution in [2.24, 2.45) is 0 Å². The van der Waals surface area contributed by atoms with E-state index < -0.39 is 0 Å². The van der Waals surface area contributed by atoms with Crippen LogP contribution in [0.5, 0.6) is 0 Å². The van der Waals surface area contributed by atoms with E-state index in [1.165, 1.54) is 11.1 Å². The SMILES string of the molecule is Cc1cccc(C2CN(c3nnc(Cl)c(C)c3C)CCN2)c1. The lowest BCUT2D eigenvalue weighted by atomic mass is 10.0. The first-order valence-electron chi connectivity index (χ1n) is 7.60. The first-order chi connectivity index (χ1) is 10.6. The van der Waals surface area contributed by atoms with Gasteiger partial charge in [-0.25, -0.2) is 0 Å². The van der Waals surface area contributed by atoms with Crippen molar-refractivity contribution in [3.63, 3.8) is 0 Å². The number of hydrogen-bond donors (Lipinski definition) is 1. The fourth-order valence-corrected chi connectivity index (χ4v) is 3.10. The summed E-state index contributed by atoms with van der Waals surface area (Å²) >= 11 is 6.06. The van der Waals surface area contributed by atoms with Crippen LogP contribution >= 0.6 is 11.6 Å². The second-order valence-electron chi connectivity index (χ2n) is 5.93. The highest BCUT2D eigenvalue weighted by Gasteiger charge is 2.24. The largest absolute Gasteiger partial charge is 0.352 e. The van der Waals surface area contributed by atoms with Crippen LogP contribution in [0.1, 0.15) is 28.3 Å². The van der Waals surface area contributed by atoms with Gasteiger partial charge in [-0.15, -0.1) is 10.2 Å². The van der Waals surface area contributed by atoms with E-state index in [1.54, 1.807) is 0 Å².